The molecule has 0 aromatic heterocycles. The Morgan fingerprint density at radius 2 is 1.56 bits per heavy atom. The molecule has 6 heteroatoms. The molecule has 2 aromatic carbocycles. The summed E-state index contributed by atoms with van der Waals surface area (Å²) >= 11 is 7.00. The zero-order valence-electron chi connectivity index (χ0n) is 14.5. The molecule has 0 aliphatic heterocycles. The number of ether oxygens (including phenoxy) is 2. The molecule has 0 fully saturated rings. The first-order valence-corrected chi connectivity index (χ1v) is 9.07. The van der Waals surface area contributed by atoms with Gasteiger partial charge in [0.15, 0.2) is 17.3 Å². The predicted molar refractivity (Wildman–Crippen MR) is 107 cm³/mol. The second kappa shape index (κ2) is 8.54. The molecular formula is C19H19Br2NO3. The molecule has 2 aromatic rings. The molecule has 0 unspecified atom stereocenters. The van der Waals surface area contributed by atoms with E-state index in [-0.39, 0.29) is 5.78 Å². The number of methoxy groups -OCH3 is 2. The number of ketones is 1. The van der Waals surface area contributed by atoms with Gasteiger partial charge in [-0.1, -0.05) is 44.0 Å². The van der Waals surface area contributed by atoms with Crippen molar-refractivity contribution in [3.63, 3.8) is 0 Å². The topological polar surface area (TPSA) is 38.8 Å². The van der Waals surface area contributed by atoms with Crippen molar-refractivity contribution in [2.24, 2.45) is 0 Å². The number of rotatable bonds is 6. The Morgan fingerprint density at radius 3 is 2.12 bits per heavy atom. The lowest BCUT2D eigenvalue weighted by atomic mass is 9.97. The zero-order chi connectivity index (χ0) is 18.6. The van der Waals surface area contributed by atoms with Crippen molar-refractivity contribution in [2.75, 3.05) is 28.3 Å². The third kappa shape index (κ3) is 4.44. The number of hydrogen-bond acceptors (Lipinski definition) is 4. The minimum atomic E-state index is -0.0888. The molecule has 0 amide bonds. The maximum Gasteiger partial charge on any atom is 0.196 e. The minimum absolute atomic E-state index is 0.0888. The number of halogens is 2. The maximum atomic E-state index is 13.2. The van der Waals surface area contributed by atoms with Crippen LogP contribution in [0.4, 0.5) is 0 Å². The first kappa shape index (κ1) is 19.5. The molecule has 4 nitrogen and oxygen atoms in total. The van der Waals surface area contributed by atoms with Crippen molar-refractivity contribution in [3.05, 3.63) is 62.7 Å². The molecule has 25 heavy (non-hydrogen) atoms. The summed E-state index contributed by atoms with van der Waals surface area (Å²) in [5.41, 5.74) is 1.87. The molecule has 0 N–H and O–H groups in total. The van der Waals surface area contributed by atoms with Gasteiger partial charge < -0.3 is 14.4 Å². The van der Waals surface area contributed by atoms with E-state index >= 15 is 0 Å². The lowest BCUT2D eigenvalue weighted by Gasteiger charge is -2.16. The average molecular weight is 469 g/mol. The van der Waals surface area contributed by atoms with Crippen LogP contribution in [-0.4, -0.2) is 39.0 Å². The van der Waals surface area contributed by atoms with E-state index in [2.05, 4.69) is 31.9 Å². The van der Waals surface area contributed by atoms with Crippen LogP contribution in [0.2, 0.25) is 0 Å². The van der Waals surface area contributed by atoms with Gasteiger partial charge in [0.1, 0.15) is 0 Å². The van der Waals surface area contributed by atoms with Gasteiger partial charge in [0.05, 0.1) is 14.2 Å². The molecule has 132 valence electrons. The molecule has 0 saturated heterocycles. The molecule has 0 radical (unpaired) electrons. The highest BCUT2D eigenvalue weighted by Crippen LogP contribution is 2.38. The summed E-state index contributed by atoms with van der Waals surface area (Å²) in [6, 6.07) is 11.0. The number of Topliss-reactive ketones (excluding diaryl/α,β-unsaturated/α-hetero) is 1. The Bertz CT molecular complexity index is 816. The highest BCUT2D eigenvalue weighted by Gasteiger charge is 2.21. The fourth-order valence-electron chi connectivity index (χ4n) is 2.36. The molecule has 0 aliphatic carbocycles. The van der Waals surface area contributed by atoms with Crippen LogP contribution in [0.15, 0.2) is 51.5 Å². The van der Waals surface area contributed by atoms with E-state index in [1.165, 1.54) is 0 Å². The van der Waals surface area contributed by atoms with E-state index in [0.717, 1.165) is 14.5 Å². The van der Waals surface area contributed by atoms with E-state index in [0.29, 0.717) is 22.6 Å². The van der Waals surface area contributed by atoms with E-state index in [9.17, 15) is 4.79 Å². The number of hydrogen-bond donors (Lipinski definition) is 0. The van der Waals surface area contributed by atoms with Crippen LogP contribution in [-0.2, 0) is 0 Å². The van der Waals surface area contributed by atoms with E-state index in [1.54, 1.807) is 38.6 Å². The Kier molecular flexibility index (Phi) is 6.67. The van der Waals surface area contributed by atoms with Gasteiger partial charge in [-0.15, -0.1) is 0 Å². The largest absolute Gasteiger partial charge is 0.493 e. The first-order valence-electron chi connectivity index (χ1n) is 7.48. The molecule has 0 spiro atoms. The Hall–Kier alpha value is -1.79. The molecule has 0 heterocycles. The maximum absolute atomic E-state index is 13.2. The summed E-state index contributed by atoms with van der Waals surface area (Å²) in [5, 5.41) is 0. The van der Waals surface area contributed by atoms with Gasteiger partial charge in [0, 0.05) is 45.9 Å². The smallest absolute Gasteiger partial charge is 0.196 e. The summed E-state index contributed by atoms with van der Waals surface area (Å²) in [6.45, 7) is 0. The van der Waals surface area contributed by atoms with Gasteiger partial charge in [0.25, 0.3) is 0 Å². The lowest BCUT2D eigenvalue weighted by Crippen LogP contribution is -2.10. The van der Waals surface area contributed by atoms with Crippen LogP contribution in [0.5, 0.6) is 11.5 Å². The second-order valence-electron chi connectivity index (χ2n) is 5.50. The summed E-state index contributed by atoms with van der Waals surface area (Å²) in [5.74, 6) is 1.06. The third-order valence-electron chi connectivity index (χ3n) is 3.51. The second-order valence-corrected chi connectivity index (χ2v) is 7.21. The first-order chi connectivity index (χ1) is 11.9. The van der Waals surface area contributed by atoms with Gasteiger partial charge in [-0.3, -0.25) is 4.79 Å². The van der Waals surface area contributed by atoms with Crippen molar-refractivity contribution in [2.45, 2.75) is 0 Å². The van der Waals surface area contributed by atoms with Crippen LogP contribution < -0.4 is 9.47 Å². The minimum Gasteiger partial charge on any atom is -0.493 e. The fraction of sp³-hybridized carbons (Fsp3) is 0.211. The number of carbonyl (C=O) groups excluding carboxylic acids is 1. The molecular weight excluding hydrogens is 450 g/mol. The lowest BCUT2D eigenvalue weighted by molar-refractivity contribution is 0.105. The molecule has 0 aliphatic rings. The third-order valence-corrected chi connectivity index (χ3v) is 4.86. The van der Waals surface area contributed by atoms with Crippen molar-refractivity contribution in [3.8, 4) is 11.5 Å². The van der Waals surface area contributed by atoms with Crippen molar-refractivity contribution in [1.29, 1.82) is 0 Å². The van der Waals surface area contributed by atoms with Crippen LogP contribution in [0, 0.1) is 0 Å². The van der Waals surface area contributed by atoms with Gasteiger partial charge in [-0.2, -0.15) is 0 Å². The monoisotopic (exact) mass is 467 g/mol. The quantitative estimate of drug-likeness (QED) is 0.441. The molecule has 2 rings (SSSR count). The standard InChI is InChI=1S/C19H19Br2NO3/c1-22(2)11-14(19(23)12-7-5-6-8-15(12)20)13-9-17(24-3)18(25-4)10-16(13)21/h5-11H,1-4H3/b14-11+. The molecule has 0 bridgehead atoms. The Balaban J connectivity index is 2.64. The average Bonchev–Trinajstić information content (AvgIpc) is 2.59. The van der Waals surface area contributed by atoms with Crippen LogP contribution in [0.3, 0.4) is 0 Å². The Morgan fingerprint density at radius 1 is 0.960 bits per heavy atom. The van der Waals surface area contributed by atoms with Crippen LogP contribution >= 0.6 is 31.9 Å². The highest BCUT2D eigenvalue weighted by molar-refractivity contribution is 9.10. The summed E-state index contributed by atoms with van der Waals surface area (Å²) in [7, 11) is 6.90. The highest BCUT2D eigenvalue weighted by atomic mass is 79.9. The number of nitrogens with zero attached hydrogens (tertiary/aromatic N) is 1. The summed E-state index contributed by atoms with van der Waals surface area (Å²) < 4.78 is 12.2. The number of allylic oxidation sites excluding steroid dienone is 1. The fourth-order valence-corrected chi connectivity index (χ4v) is 3.36. The van der Waals surface area contributed by atoms with Crippen molar-refractivity contribution >= 4 is 43.2 Å². The van der Waals surface area contributed by atoms with Gasteiger partial charge >= 0.3 is 0 Å². The normalized spacial score (nSPS) is 11.2. The number of carbonyl (C=O) groups is 1. The number of benzene rings is 2. The van der Waals surface area contributed by atoms with Crippen LogP contribution in [0.1, 0.15) is 15.9 Å². The van der Waals surface area contributed by atoms with Crippen molar-refractivity contribution < 1.29 is 14.3 Å². The summed E-state index contributed by atoms with van der Waals surface area (Å²) in [4.78, 5) is 15.0. The van der Waals surface area contributed by atoms with Crippen LogP contribution in [0.25, 0.3) is 5.57 Å². The SMILES string of the molecule is COc1cc(Br)c(/C(=C\N(C)C)C(=O)c2ccccc2Br)cc1OC. The summed E-state index contributed by atoms with van der Waals surface area (Å²) in [6.07, 6.45) is 1.80. The predicted octanol–water partition coefficient (Wildman–Crippen LogP) is 5.01. The van der Waals surface area contributed by atoms with Gasteiger partial charge in [-0.25, -0.2) is 0 Å². The van der Waals surface area contributed by atoms with E-state index in [1.807, 2.05) is 37.2 Å². The Labute approximate surface area is 164 Å². The molecule has 0 atom stereocenters. The van der Waals surface area contributed by atoms with E-state index in [4.69, 9.17) is 9.47 Å². The van der Waals surface area contributed by atoms with Crippen molar-refractivity contribution in [1.82, 2.24) is 4.90 Å². The van der Waals surface area contributed by atoms with E-state index < -0.39 is 0 Å². The van der Waals surface area contributed by atoms with Gasteiger partial charge in [-0.05, 0) is 24.3 Å². The van der Waals surface area contributed by atoms with Gasteiger partial charge in [0.2, 0.25) is 0 Å². The zero-order valence-corrected chi connectivity index (χ0v) is 17.6. The molecule has 0 saturated carbocycles.